The van der Waals surface area contributed by atoms with Crippen molar-refractivity contribution >= 4 is 16.9 Å². The van der Waals surface area contributed by atoms with Crippen LogP contribution in [0.15, 0.2) is 24.3 Å². The number of fused-ring (bicyclic) bond motifs is 1. The Kier molecular flexibility index (Phi) is 4.93. The van der Waals surface area contributed by atoms with Gasteiger partial charge in [-0.3, -0.25) is 4.79 Å². The van der Waals surface area contributed by atoms with Crippen LogP contribution >= 0.6 is 0 Å². The van der Waals surface area contributed by atoms with Crippen molar-refractivity contribution in [3.63, 3.8) is 0 Å². The number of hydrogen-bond donors (Lipinski definition) is 4. The maximum atomic E-state index is 12.0. The molecule has 0 spiro atoms. The van der Waals surface area contributed by atoms with Crippen molar-refractivity contribution in [1.29, 1.82) is 0 Å². The number of nitrogens with zero attached hydrogens (tertiary/aromatic N) is 1. The summed E-state index contributed by atoms with van der Waals surface area (Å²) in [6, 6.07) is 7.83. The van der Waals surface area contributed by atoms with Gasteiger partial charge in [0.05, 0.1) is 16.6 Å². The SMILES string of the molecule is O=C(CCc1nc2ccccc2[nH]1)NC[C@]1(O)CCCNCC1. The van der Waals surface area contributed by atoms with Gasteiger partial charge < -0.3 is 20.7 Å². The number of rotatable bonds is 5. The molecule has 3 rings (SSSR count). The van der Waals surface area contributed by atoms with Gasteiger partial charge in [-0.25, -0.2) is 4.98 Å². The number of benzene rings is 1. The Balaban J connectivity index is 1.47. The highest BCUT2D eigenvalue weighted by Gasteiger charge is 2.28. The number of para-hydroxylation sites is 2. The molecule has 6 heteroatoms. The van der Waals surface area contributed by atoms with Crippen LogP contribution in [0.4, 0.5) is 0 Å². The summed E-state index contributed by atoms with van der Waals surface area (Å²) >= 11 is 0. The van der Waals surface area contributed by atoms with Crippen molar-refractivity contribution in [3.05, 3.63) is 30.1 Å². The molecule has 1 fully saturated rings. The van der Waals surface area contributed by atoms with Gasteiger partial charge in [-0.2, -0.15) is 0 Å². The smallest absolute Gasteiger partial charge is 0.220 e. The predicted molar refractivity (Wildman–Crippen MR) is 89.1 cm³/mol. The topological polar surface area (TPSA) is 90.0 Å². The number of hydrogen-bond acceptors (Lipinski definition) is 4. The molecule has 1 amide bonds. The fourth-order valence-corrected chi connectivity index (χ4v) is 3.00. The molecule has 6 nitrogen and oxygen atoms in total. The Hall–Kier alpha value is -1.92. The monoisotopic (exact) mass is 316 g/mol. The number of amides is 1. The van der Waals surface area contributed by atoms with Crippen molar-refractivity contribution in [3.8, 4) is 0 Å². The molecule has 1 atom stereocenters. The molecule has 1 aliphatic rings. The van der Waals surface area contributed by atoms with Crippen LogP contribution in [0.1, 0.15) is 31.5 Å². The summed E-state index contributed by atoms with van der Waals surface area (Å²) in [5.74, 6) is 0.773. The van der Waals surface area contributed by atoms with Crippen LogP contribution in [-0.4, -0.2) is 46.2 Å². The summed E-state index contributed by atoms with van der Waals surface area (Å²) in [5, 5.41) is 16.6. The van der Waals surface area contributed by atoms with E-state index in [2.05, 4.69) is 20.6 Å². The first-order valence-corrected chi connectivity index (χ1v) is 8.28. The second-order valence-corrected chi connectivity index (χ2v) is 6.31. The second-order valence-electron chi connectivity index (χ2n) is 6.31. The van der Waals surface area contributed by atoms with Crippen LogP contribution in [0, 0.1) is 0 Å². The highest BCUT2D eigenvalue weighted by molar-refractivity contribution is 5.77. The van der Waals surface area contributed by atoms with Gasteiger partial charge in [-0.15, -0.1) is 0 Å². The van der Waals surface area contributed by atoms with E-state index >= 15 is 0 Å². The molecule has 1 aliphatic heterocycles. The quantitative estimate of drug-likeness (QED) is 0.665. The lowest BCUT2D eigenvalue weighted by Crippen LogP contribution is -2.43. The summed E-state index contributed by atoms with van der Waals surface area (Å²) in [6.07, 6.45) is 3.28. The van der Waals surface area contributed by atoms with Crippen LogP contribution in [0.25, 0.3) is 11.0 Å². The molecule has 1 aromatic carbocycles. The first-order chi connectivity index (χ1) is 11.1. The highest BCUT2D eigenvalue weighted by atomic mass is 16.3. The van der Waals surface area contributed by atoms with E-state index in [1.54, 1.807) is 0 Å². The molecular formula is C17H24N4O2. The second kappa shape index (κ2) is 7.10. The summed E-state index contributed by atoms with van der Waals surface area (Å²) in [7, 11) is 0. The molecule has 4 N–H and O–H groups in total. The number of carbonyl (C=O) groups is 1. The third-order valence-electron chi connectivity index (χ3n) is 4.40. The van der Waals surface area contributed by atoms with E-state index in [0.29, 0.717) is 25.8 Å². The van der Waals surface area contributed by atoms with Crippen molar-refractivity contribution < 1.29 is 9.90 Å². The van der Waals surface area contributed by atoms with Crippen molar-refractivity contribution in [2.24, 2.45) is 0 Å². The predicted octanol–water partition coefficient (Wildman–Crippen LogP) is 1.12. The summed E-state index contributed by atoms with van der Waals surface area (Å²) in [5.41, 5.74) is 1.13. The van der Waals surface area contributed by atoms with E-state index in [1.165, 1.54) is 0 Å². The van der Waals surface area contributed by atoms with Crippen LogP contribution in [0.5, 0.6) is 0 Å². The standard InChI is InChI=1S/C17H24N4O2/c22-16(19-12-17(23)8-3-10-18-11-9-17)7-6-15-20-13-4-1-2-5-14(13)21-15/h1-2,4-5,18,23H,3,6-12H2,(H,19,22)(H,20,21)/t17-/m0/s1. The summed E-state index contributed by atoms with van der Waals surface area (Å²) < 4.78 is 0. The largest absolute Gasteiger partial charge is 0.388 e. The van der Waals surface area contributed by atoms with Gasteiger partial charge >= 0.3 is 0 Å². The van der Waals surface area contributed by atoms with E-state index in [9.17, 15) is 9.90 Å². The van der Waals surface area contributed by atoms with E-state index in [1.807, 2.05) is 24.3 Å². The normalized spacial score (nSPS) is 22.0. The minimum Gasteiger partial charge on any atom is -0.388 e. The maximum absolute atomic E-state index is 12.0. The van der Waals surface area contributed by atoms with Crippen LogP contribution in [-0.2, 0) is 11.2 Å². The van der Waals surface area contributed by atoms with Crippen molar-refractivity contribution in [1.82, 2.24) is 20.6 Å². The van der Waals surface area contributed by atoms with Crippen LogP contribution in [0.2, 0.25) is 0 Å². The molecule has 124 valence electrons. The number of H-pyrrole nitrogens is 1. The van der Waals surface area contributed by atoms with Gasteiger partial charge in [0.25, 0.3) is 0 Å². The molecule has 0 bridgehead atoms. The first-order valence-electron chi connectivity index (χ1n) is 8.28. The fraction of sp³-hybridized carbons (Fsp3) is 0.529. The van der Waals surface area contributed by atoms with Crippen LogP contribution in [0.3, 0.4) is 0 Å². The average molecular weight is 316 g/mol. The number of carbonyl (C=O) groups excluding carboxylic acids is 1. The lowest BCUT2D eigenvalue weighted by atomic mass is 9.95. The molecule has 23 heavy (non-hydrogen) atoms. The average Bonchev–Trinajstić information content (AvgIpc) is 2.85. The lowest BCUT2D eigenvalue weighted by Gasteiger charge is -2.26. The zero-order chi connectivity index (χ0) is 16.1. The molecule has 0 aliphatic carbocycles. The van der Waals surface area contributed by atoms with E-state index in [4.69, 9.17) is 0 Å². The number of nitrogens with one attached hydrogen (secondary N) is 3. The number of aryl methyl sites for hydroxylation is 1. The fourth-order valence-electron chi connectivity index (χ4n) is 3.00. The number of imidazole rings is 1. The summed E-state index contributed by atoms with van der Waals surface area (Å²) in [4.78, 5) is 19.7. The first kappa shape index (κ1) is 16.0. The number of aromatic nitrogens is 2. The molecule has 2 aromatic rings. The highest BCUT2D eigenvalue weighted by Crippen LogP contribution is 2.18. The molecule has 0 saturated carbocycles. The lowest BCUT2D eigenvalue weighted by molar-refractivity contribution is -0.122. The van der Waals surface area contributed by atoms with Crippen LogP contribution < -0.4 is 10.6 Å². The van der Waals surface area contributed by atoms with Gasteiger partial charge in [0.1, 0.15) is 5.82 Å². The molecule has 1 saturated heterocycles. The molecular weight excluding hydrogens is 292 g/mol. The van der Waals surface area contributed by atoms with Gasteiger partial charge in [-0.05, 0) is 44.5 Å². The van der Waals surface area contributed by atoms with Gasteiger partial charge in [-0.1, -0.05) is 12.1 Å². The molecule has 0 unspecified atom stereocenters. The van der Waals surface area contributed by atoms with Gasteiger partial charge in [0, 0.05) is 19.4 Å². The molecule has 1 aromatic heterocycles. The van der Waals surface area contributed by atoms with Crippen molar-refractivity contribution in [2.45, 2.75) is 37.7 Å². The Morgan fingerprint density at radius 3 is 3.04 bits per heavy atom. The minimum atomic E-state index is -0.779. The third kappa shape index (κ3) is 4.30. The molecule has 2 heterocycles. The Morgan fingerprint density at radius 1 is 1.30 bits per heavy atom. The van der Waals surface area contributed by atoms with Gasteiger partial charge in [0.15, 0.2) is 0 Å². The van der Waals surface area contributed by atoms with Crippen molar-refractivity contribution in [2.75, 3.05) is 19.6 Å². The van der Waals surface area contributed by atoms with Gasteiger partial charge in [0.2, 0.25) is 5.91 Å². The number of aromatic amines is 1. The molecule has 0 radical (unpaired) electrons. The Bertz CT molecular complexity index is 626. The summed E-state index contributed by atoms with van der Waals surface area (Å²) in [6.45, 7) is 2.06. The van der Waals surface area contributed by atoms with E-state index in [-0.39, 0.29) is 5.91 Å². The Morgan fingerprint density at radius 2 is 2.17 bits per heavy atom. The van der Waals surface area contributed by atoms with E-state index < -0.39 is 5.60 Å². The minimum absolute atomic E-state index is 0.0453. The Labute approximate surface area is 135 Å². The third-order valence-corrected chi connectivity index (χ3v) is 4.40. The maximum Gasteiger partial charge on any atom is 0.220 e. The van der Waals surface area contributed by atoms with E-state index in [0.717, 1.165) is 42.8 Å². The zero-order valence-corrected chi connectivity index (χ0v) is 13.3. The number of aliphatic hydroxyl groups is 1. The zero-order valence-electron chi connectivity index (χ0n) is 13.3.